The first-order chi connectivity index (χ1) is 26.4. The van der Waals surface area contributed by atoms with Crippen molar-refractivity contribution in [1.29, 1.82) is 0 Å². The average Bonchev–Trinajstić information content (AvgIpc) is 3.99. The Morgan fingerprint density at radius 2 is 1.09 bits per heavy atom. The monoisotopic (exact) mass is 820 g/mol. The van der Waals surface area contributed by atoms with E-state index in [1.165, 1.54) is 55.0 Å². The average molecular weight is 822 g/mol. The van der Waals surface area contributed by atoms with Crippen LogP contribution in [0.1, 0.15) is 126 Å². The highest BCUT2D eigenvalue weighted by Crippen LogP contribution is 2.45. The SMILES string of the molecule is BrCC1CC1.CC(C)CC1CN2CCc3cc(O)c(O)cc3C2CC1=O.CC(C)CC1CN2CCc3cc(OCC4CC4)c(OCC4CC4)cc3C2CC1=O. The van der Waals surface area contributed by atoms with E-state index in [1.54, 1.807) is 12.1 Å². The van der Waals surface area contributed by atoms with Gasteiger partial charge in [0.05, 0.1) is 13.2 Å². The molecular weight excluding hydrogens is 756 g/mol. The summed E-state index contributed by atoms with van der Waals surface area (Å²) in [4.78, 5) is 30.2. The van der Waals surface area contributed by atoms with Crippen molar-refractivity contribution in [2.24, 2.45) is 41.4 Å². The number of hydrogen-bond donors (Lipinski definition) is 2. The van der Waals surface area contributed by atoms with E-state index < -0.39 is 0 Å². The standard InChI is InChI=1S/C25H35NO3.C17H23NO3.C4H7Br/c1-16(2)9-20-13-26-8-7-19-10-24(28-14-17-3-4-17)25(29-15-18-5-6-18)11-21(19)22(26)12-23(20)27;1-10(2)5-12-9-18-4-3-11-6-16(20)17(21)7-13(11)14(18)8-15(12)19;5-3-4-1-2-4/h10-11,16-18,20,22H,3-9,12-15H2,1-2H3;6-7,10,12,14,20-21H,3-5,8-9H2,1-2H3;4H,1-3H2. The van der Waals surface area contributed by atoms with Crippen LogP contribution in [0.3, 0.4) is 0 Å². The van der Waals surface area contributed by atoms with Crippen LogP contribution in [-0.2, 0) is 22.4 Å². The summed E-state index contributed by atoms with van der Waals surface area (Å²) in [5.41, 5.74) is 4.72. The largest absolute Gasteiger partial charge is 0.504 e. The maximum absolute atomic E-state index is 12.9. The van der Waals surface area contributed by atoms with Gasteiger partial charge in [0.2, 0.25) is 0 Å². The molecule has 2 aromatic carbocycles. The fraction of sp³-hybridized carbons (Fsp3) is 0.696. The molecule has 3 aliphatic carbocycles. The van der Waals surface area contributed by atoms with Crippen molar-refractivity contribution in [3.63, 3.8) is 0 Å². The Bertz CT molecular complexity index is 1670. The molecule has 3 saturated carbocycles. The molecular formula is C46H65BrN2O6. The number of fused-ring (bicyclic) bond motifs is 6. The number of halogens is 1. The molecule has 0 spiro atoms. The summed E-state index contributed by atoms with van der Waals surface area (Å²) >= 11 is 3.38. The molecule has 5 fully saturated rings. The number of carbonyl (C=O) groups excluding carboxylic acids is 2. The van der Waals surface area contributed by atoms with Crippen LogP contribution in [0.5, 0.6) is 23.0 Å². The van der Waals surface area contributed by atoms with Crippen molar-refractivity contribution >= 4 is 27.5 Å². The molecule has 4 heterocycles. The smallest absolute Gasteiger partial charge is 0.161 e. The first-order valence-corrected chi connectivity index (χ1v) is 22.6. The number of aromatic hydroxyl groups is 2. The minimum absolute atomic E-state index is 0.0659. The Hall–Kier alpha value is -2.62. The second-order valence-electron chi connectivity index (χ2n) is 18.7. The zero-order chi connectivity index (χ0) is 38.8. The Morgan fingerprint density at radius 3 is 1.53 bits per heavy atom. The van der Waals surface area contributed by atoms with Gasteiger partial charge in [-0.3, -0.25) is 19.4 Å². The Kier molecular flexibility index (Phi) is 13.2. The number of rotatable bonds is 11. The summed E-state index contributed by atoms with van der Waals surface area (Å²) in [5, 5.41) is 20.6. The minimum Gasteiger partial charge on any atom is -0.504 e. The van der Waals surface area contributed by atoms with E-state index in [-0.39, 0.29) is 35.4 Å². The number of Topliss-reactive ketones (excluding diaryl/α,β-unsaturated/α-hetero) is 2. The molecule has 4 unspecified atom stereocenters. The molecule has 2 saturated heterocycles. The fourth-order valence-electron chi connectivity index (χ4n) is 8.97. The van der Waals surface area contributed by atoms with Crippen molar-refractivity contribution in [1.82, 2.24) is 9.80 Å². The number of hydrogen-bond acceptors (Lipinski definition) is 8. The number of ketones is 2. The molecule has 302 valence electrons. The summed E-state index contributed by atoms with van der Waals surface area (Å²) in [6.45, 7) is 14.1. The van der Waals surface area contributed by atoms with Gasteiger partial charge >= 0.3 is 0 Å². The Labute approximate surface area is 337 Å². The molecule has 0 bridgehead atoms. The van der Waals surface area contributed by atoms with Crippen LogP contribution in [0.25, 0.3) is 0 Å². The highest BCUT2D eigenvalue weighted by Gasteiger charge is 2.40. The third kappa shape index (κ3) is 10.7. The highest BCUT2D eigenvalue weighted by molar-refractivity contribution is 9.09. The molecule has 4 atom stereocenters. The second-order valence-corrected chi connectivity index (χ2v) is 19.3. The first kappa shape index (κ1) is 40.6. The van der Waals surface area contributed by atoms with Crippen molar-refractivity contribution in [3.8, 4) is 23.0 Å². The zero-order valence-corrected chi connectivity index (χ0v) is 35.3. The molecule has 4 aliphatic heterocycles. The van der Waals surface area contributed by atoms with Crippen LogP contribution in [0.15, 0.2) is 24.3 Å². The summed E-state index contributed by atoms with van der Waals surface area (Å²) < 4.78 is 12.4. The third-order valence-corrected chi connectivity index (χ3v) is 13.7. The van der Waals surface area contributed by atoms with Gasteiger partial charge in [0.15, 0.2) is 23.0 Å². The lowest BCUT2D eigenvalue weighted by Gasteiger charge is -2.43. The van der Waals surface area contributed by atoms with Gasteiger partial charge in [-0.05, 0) is 140 Å². The van der Waals surface area contributed by atoms with E-state index in [0.29, 0.717) is 42.2 Å². The Balaban J connectivity index is 0.000000156. The van der Waals surface area contributed by atoms with Gasteiger partial charge in [-0.15, -0.1) is 0 Å². The van der Waals surface area contributed by atoms with Crippen LogP contribution in [0.4, 0.5) is 0 Å². The molecule has 0 radical (unpaired) electrons. The fourth-order valence-corrected chi connectivity index (χ4v) is 9.62. The number of nitrogens with zero attached hydrogens (tertiary/aromatic N) is 2. The molecule has 7 aliphatic rings. The highest BCUT2D eigenvalue weighted by atomic mass is 79.9. The zero-order valence-electron chi connectivity index (χ0n) is 33.7. The summed E-state index contributed by atoms with van der Waals surface area (Å²) in [6, 6.07) is 8.01. The van der Waals surface area contributed by atoms with Gasteiger partial charge in [0.1, 0.15) is 11.6 Å². The maximum Gasteiger partial charge on any atom is 0.161 e. The van der Waals surface area contributed by atoms with Gasteiger partial charge in [0.25, 0.3) is 0 Å². The first-order valence-electron chi connectivity index (χ1n) is 21.5. The van der Waals surface area contributed by atoms with E-state index in [9.17, 15) is 19.8 Å². The molecule has 2 N–H and O–H groups in total. The lowest BCUT2D eigenvalue weighted by atomic mass is 9.80. The normalized spacial score (nSPS) is 26.2. The molecule has 9 heteroatoms. The van der Waals surface area contributed by atoms with E-state index >= 15 is 0 Å². The van der Waals surface area contributed by atoms with Crippen LogP contribution < -0.4 is 9.47 Å². The Morgan fingerprint density at radius 1 is 0.655 bits per heavy atom. The van der Waals surface area contributed by atoms with E-state index in [0.717, 1.165) is 99.5 Å². The lowest BCUT2D eigenvalue weighted by Crippen LogP contribution is -2.46. The second kappa shape index (κ2) is 17.9. The van der Waals surface area contributed by atoms with Crippen LogP contribution in [-0.4, -0.2) is 76.3 Å². The van der Waals surface area contributed by atoms with Gasteiger partial charge in [-0.2, -0.15) is 0 Å². The van der Waals surface area contributed by atoms with Crippen molar-refractivity contribution < 1.29 is 29.3 Å². The molecule has 9 rings (SSSR count). The van der Waals surface area contributed by atoms with E-state index in [2.05, 4.69) is 65.6 Å². The number of phenols is 2. The number of alkyl halides is 1. The van der Waals surface area contributed by atoms with Gasteiger partial charge < -0.3 is 19.7 Å². The summed E-state index contributed by atoms with van der Waals surface area (Å²) in [6.07, 6.45) is 13.1. The molecule has 0 amide bonds. The van der Waals surface area contributed by atoms with Crippen molar-refractivity contribution in [2.45, 2.75) is 117 Å². The van der Waals surface area contributed by atoms with Gasteiger partial charge in [-0.25, -0.2) is 0 Å². The van der Waals surface area contributed by atoms with Crippen molar-refractivity contribution in [2.75, 3.05) is 44.7 Å². The summed E-state index contributed by atoms with van der Waals surface area (Å²) in [5.74, 6) is 6.41. The lowest BCUT2D eigenvalue weighted by molar-refractivity contribution is -0.130. The predicted molar refractivity (Wildman–Crippen MR) is 220 cm³/mol. The number of piperidine rings is 2. The van der Waals surface area contributed by atoms with Gasteiger partial charge in [-0.1, -0.05) is 43.6 Å². The number of carbonyl (C=O) groups is 2. The van der Waals surface area contributed by atoms with Crippen molar-refractivity contribution in [3.05, 3.63) is 46.5 Å². The van der Waals surface area contributed by atoms with Crippen LogP contribution in [0, 0.1) is 41.4 Å². The maximum atomic E-state index is 12.9. The van der Waals surface area contributed by atoms with Gasteiger partial charge in [0, 0.05) is 68.3 Å². The number of ether oxygens (including phenoxy) is 2. The molecule has 2 aromatic rings. The van der Waals surface area contributed by atoms with Crippen LogP contribution in [0.2, 0.25) is 0 Å². The van der Waals surface area contributed by atoms with E-state index in [1.807, 2.05) is 0 Å². The minimum atomic E-state index is -0.0904. The molecule has 0 aromatic heterocycles. The van der Waals surface area contributed by atoms with Crippen LogP contribution >= 0.6 is 15.9 Å². The number of benzene rings is 2. The predicted octanol–water partition coefficient (Wildman–Crippen LogP) is 9.22. The third-order valence-electron chi connectivity index (χ3n) is 12.8. The molecule has 55 heavy (non-hydrogen) atoms. The number of phenolic OH excluding ortho intramolecular Hbond substituents is 2. The summed E-state index contributed by atoms with van der Waals surface area (Å²) in [7, 11) is 0. The quantitative estimate of drug-likeness (QED) is 0.171. The topological polar surface area (TPSA) is 99.5 Å². The molecule has 8 nitrogen and oxygen atoms in total. The van der Waals surface area contributed by atoms with E-state index in [4.69, 9.17) is 9.47 Å².